The molecule has 720 valence electrons. The fourth-order valence-corrected chi connectivity index (χ4v) is 13.4. The predicted molar refractivity (Wildman–Crippen MR) is 479 cm³/mol. The van der Waals surface area contributed by atoms with Crippen molar-refractivity contribution < 1.29 is 142 Å². The molecule has 2 aliphatic rings. The average Bonchev–Trinajstić information content (AvgIpc) is 1.52. The van der Waals surface area contributed by atoms with Crippen LogP contribution in [0, 0.1) is 47.0 Å². The van der Waals surface area contributed by atoms with Crippen LogP contribution in [-0.4, -0.2) is 127 Å². The molecular weight excluding hydrogens is 2700 g/mol. The molecule has 2 aliphatic carbocycles. The molecule has 1 fully saturated rings. The number of aryl methyl sites for hydroxylation is 6. The van der Waals surface area contributed by atoms with Gasteiger partial charge in [-0.05, 0) is 191 Å². The normalized spacial score (nSPS) is 12.9. The Bertz CT molecular complexity index is 6330. The summed E-state index contributed by atoms with van der Waals surface area (Å²) in [5.41, 5.74) is 15.8. The van der Waals surface area contributed by atoms with Crippen LogP contribution in [0.3, 0.4) is 0 Å². The Morgan fingerprint density at radius 1 is 0.360 bits per heavy atom. The van der Waals surface area contributed by atoms with E-state index in [1.807, 2.05) is 131 Å². The van der Waals surface area contributed by atoms with Crippen LogP contribution < -0.4 is 45.9 Å². The molecular formula is C94H79F6N32O2Pt5-. The Labute approximate surface area is 863 Å². The number of nitrogens with zero attached hydrogens (tertiary/aromatic N) is 32. The second-order valence-electron chi connectivity index (χ2n) is 29.9. The SMILES string of the molecule is CC12CCC(c3c1n[n-]c3-c1nccc3ccccc13)C2(C)C.Cc1cc(-c2ccccn2)[n-]n1.Cc1cc(-c2ccccn2)[n-]n1.Cc1cc(-c2cnccn2)[n-]n1.Cc1cc(-c2cnccn2)[n-]n1.Cc1n[n-]c(-c2ccccn2)n1.Cc1n[n-]c(-c2ccccn2)n1.FC(F)(F)c1cc(-c2ccccn2)[n-]n1.FC(F)(F)c1cc(-c2ccccn2)[n-]n1.O=C(O)c1ccccn1.[Pt+2].[Pt+2].[Pt+2].[Pt+2].[Pt]. The van der Waals surface area contributed by atoms with Crippen molar-refractivity contribution >= 4 is 16.7 Å². The number of carboxylic acids is 1. The van der Waals surface area contributed by atoms with Gasteiger partial charge in [0.05, 0.1) is 40.9 Å². The minimum absolute atomic E-state index is 0. The van der Waals surface area contributed by atoms with Crippen LogP contribution in [0.15, 0.2) is 281 Å². The monoisotopic (exact) mass is 2780 g/mol. The van der Waals surface area contributed by atoms with Crippen LogP contribution in [0.2, 0.25) is 0 Å². The van der Waals surface area contributed by atoms with Gasteiger partial charge in [0, 0.05) is 169 Å². The summed E-state index contributed by atoms with van der Waals surface area (Å²) in [6.45, 7) is 18.4. The number of carbonyl (C=O) groups is 1. The van der Waals surface area contributed by atoms with Crippen LogP contribution in [0.4, 0.5) is 26.3 Å². The van der Waals surface area contributed by atoms with E-state index < -0.39 is 29.7 Å². The van der Waals surface area contributed by atoms with Crippen molar-refractivity contribution in [2.45, 2.75) is 98.8 Å². The van der Waals surface area contributed by atoms with Gasteiger partial charge in [0.25, 0.3) is 0 Å². The number of alkyl halides is 6. The molecule has 1 saturated carbocycles. The van der Waals surface area contributed by atoms with E-state index in [4.69, 9.17) is 5.11 Å². The zero-order valence-electron chi connectivity index (χ0n) is 74.6. The van der Waals surface area contributed by atoms with Crippen LogP contribution in [-0.2, 0) is 123 Å². The molecule has 2 atom stereocenters. The minimum atomic E-state index is -4.46. The Balaban J connectivity index is 0.000000190. The van der Waals surface area contributed by atoms with Crippen LogP contribution in [0.1, 0.15) is 107 Å². The van der Waals surface area contributed by atoms with E-state index in [-0.39, 0.29) is 133 Å². The second-order valence-corrected chi connectivity index (χ2v) is 29.9. The number of hydrogen-bond donors (Lipinski definition) is 1. The average molecular weight is 2780 g/mol. The summed E-state index contributed by atoms with van der Waals surface area (Å²) in [5, 5.41) is 79.6. The fraction of sp³-hybridized carbons (Fsp3) is 0.170. The first-order valence-corrected chi connectivity index (χ1v) is 40.9. The number of pyridine rings is 8. The third kappa shape index (κ3) is 30.3. The van der Waals surface area contributed by atoms with Crippen molar-refractivity contribution in [1.29, 1.82) is 0 Å². The van der Waals surface area contributed by atoms with Crippen LogP contribution in [0.25, 0.3) is 114 Å². The summed E-state index contributed by atoms with van der Waals surface area (Å²) in [4.78, 5) is 66.9. The Kier molecular flexibility index (Phi) is 41.8. The van der Waals surface area contributed by atoms with E-state index in [2.05, 4.69) is 213 Å². The number of benzene rings is 1. The molecule has 20 aromatic rings. The molecule has 1 aromatic carbocycles. The smallest absolute Gasteiger partial charge is 0.574 e. The van der Waals surface area contributed by atoms with Crippen LogP contribution >= 0.6 is 0 Å². The standard InChI is InChI=1S/C20H20N3.2C9H5F3N3.2C9H8N3.4C8H7N4.C6H5NO2.5Pt/c1-19(2)14-8-10-20(19,3)18-15(14)17(22-23-18)16-13-7-5-4-6-12(13)9-11-21-16;2*10-9(11,12)8-5-7(14-15-8)6-3-1-2-4-13-6;2*1-7-6-9(12-11-7)8-4-2-3-5-10-8;2*1-6-4-7(12-11-6)8-5-9-2-3-10-8;2*1-6-10-8(12-11-6)7-4-2-3-5-9-7;8-6(9)5-3-1-2-4-7-5;;;;;/h4-7,9,11,14H,8,10H2,1-3H3;2*1-5H;2*2-6H,1H3;4*2-5H,1H3;1-4H,(H,8,9);;;;;/q9*-1;;;4*+2. The van der Waals surface area contributed by atoms with E-state index in [0.29, 0.717) is 40.6 Å². The molecule has 139 heavy (non-hydrogen) atoms. The van der Waals surface area contributed by atoms with Crippen molar-refractivity contribution in [2.75, 3.05) is 0 Å². The van der Waals surface area contributed by atoms with Gasteiger partial charge in [-0.2, -0.15) is 26.3 Å². The van der Waals surface area contributed by atoms with Crippen LogP contribution in [0.5, 0.6) is 0 Å². The summed E-state index contributed by atoms with van der Waals surface area (Å²) >= 11 is 0. The molecule has 19 aromatic heterocycles. The number of aromatic nitrogens is 32. The molecule has 45 heteroatoms. The Hall–Kier alpha value is -13.9. The zero-order valence-corrected chi connectivity index (χ0v) is 85.9. The van der Waals surface area contributed by atoms with Gasteiger partial charge in [0.15, 0.2) is 0 Å². The number of rotatable bonds is 10. The molecule has 0 aliphatic heterocycles. The minimum Gasteiger partial charge on any atom is -0.574 e. The molecule has 0 radical (unpaired) electrons. The third-order valence-corrected chi connectivity index (χ3v) is 20.2. The van der Waals surface area contributed by atoms with Gasteiger partial charge in [-0.3, -0.25) is 65.0 Å². The van der Waals surface area contributed by atoms with Crippen molar-refractivity contribution in [3.05, 3.63) is 344 Å². The fourth-order valence-electron chi connectivity index (χ4n) is 13.4. The van der Waals surface area contributed by atoms with Gasteiger partial charge < -0.3 is 96.7 Å². The molecule has 19 heterocycles. The summed E-state index contributed by atoms with van der Waals surface area (Å²) in [7, 11) is 0. The maximum Gasteiger partial charge on any atom is 2.00 e. The van der Waals surface area contributed by atoms with Gasteiger partial charge >= 0.3 is 103 Å². The molecule has 2 unspecified atom stereocenters. The number of fused-ring (bicyclic) bond motifs is 6. The van der Waals surface area contributed by atoms with E-state index in [1.54, 1.807) is 124 Å². The quantitative estimate of drug-likeness (QED) is 0.124. The first-order chi connectivity index (χ1) is 64.6. The predicted octanol–water partition coefficient (Wildman–Crippen LogP) is 15.5. The second kappa shape index (κ2) is 52.6. The Morgan fingerprint density at radius 2 is 0.705 bits per heavy atom. The van der Waals surface area contributed by atoms with Gasteiger partial charge in [-0.1, -0.05) is 152 Å². The van der Waals surface area contributed by atoms with Crippen molar-refractivity contribution in [2.24, 2.45) is 5.41 Å². The molecule has 2 bridgehead atoms. The van der Waals surface area contributed by atoms with Gasteiger partial charge in [0.1, 0.15) is 17.1 Å². The van der Waals surface area contributed by atoms with Gasteiger partial charge in [0.2, 0.25) is 0 Å². The maximum absolute atomic E-state index is 12.2. The summed E-state index contributed by atoms with van der Waals surface area (Å²) in [5.74, 6) is 2.09. The van der Waals surface area contributed by atoms with E-state index in [0.717, 1.165) is 103 Å². The number of aromatic carboxylic acids is 1. The molecule has 0 amide bonds. The molecule has 1 N–H and O–H groups in total. The number of carboxylic acid groups (broad SMARTS) is 1. The first-order valence-electron chi connectivity index (χ1n) is 40.9. The summed E-state index contributed by atoms with van der Waals surface area (Å²) in [6.07, 6.45) is 16.6. The summed E-state index contributed by atoms with van der Waals surface area (Å²) < 4.78 is 73.2. The molecule has 22 rings (SSSR count). The van der Waals surface area contributed by atoms with E-state index >= 15 is 0 Å². The molecule has 0 saturated heterocycles. The summed E-state index contributed by atoms with van der Waals surface area (Å²) in [6, 6.07) is 57.1. The van der Waals surface area contributed by atoms with Gasteiger partial charge in [-0.15, -0.1) is 0 Å². The van der Waals surface area contributed by atoms with E-state index in [1.165, 1.54) is 59.5 Å². The largest absolute Gasteiger partial charge is 2.00 e. The topological polar surface area (TPSA) is 461 Å². The van der Waals surface area contributed by atoms with Gasteiger partial charge in [-0.25, -0.2) is 9.78 Å². The van der Waals surface area contributed by atoms with Crippen molar-refractivity contribution in [3.63, 3.8) is 0 Å². The molecule has 34 nitrogen and oxygen atoms in total. The Morgan fingerprint density at radius 3 is 1.01 bits per heavy atom. The van der Waals surface area contributed by atoms with Crippen molar-refractivity contribution in [3.8, 4) is 103 Å². The number of hydrogen-bond acceptors (Lipinski definition) is 24. The van der Waals surface area contributed by atoms with E-state index in [9.17, 15) is 31.1 Å². The van der Waals surface area contributed by atoms with Crippen molar-refractivity contribution in [1.82, 2.24) is 162 Å². The zero-order chi connectivity index (χ0) is 94.6. The molecule has 0 spiro atoms. The maximum atomic E-state index is 12.2. The number of halogens is 6. The first kappa shape index (κ1) is 110. The third-order valence-electron chi connectivity index (χ3n) is 20.2.